The van der Waals surface area contributed by atoms with E-state index in [1.807, 2.05) is 4.90 Å². The Kier molecular flexibility index (Phi) is 5.39. The van der Waals surface area contributed by atoms with Crippen molar-refractivity contribution in [2.45, 2.75) is 25.3 Å². The zero-order valence-corrected chi connectivity index (χ0v) is 17.1. The lowest BCUT2D eigenvalue weighted by molar-refractivity contribution is 0.0603. The van der Waals surface area contributed by atoms with Crippen molar-refractivity contribution in [1.82, 2.24) is 4.98 Å². The van der Waals surface area contributed by atoms with Gasteiger partial charge < -0.3 is 14.6 Å². The summed E-state index contributed by atoms with van der Waals surface area (Å²) < 4.78 is 19.7. The lowest BCUT2D eigenvalue weighted by Crippen LogP contribution is -2.37. The van der Waals surface area contributed by atoms with Gasteiger partial charge in [0, 0.05) is 22.6 Å². The van der Waals surface area contributed by atoms with Crippen molar-refractivity contribution < 1.29 is 13.9 Å². The number of methoxy groups -OCH3 is 1. The third-order valence-electron chi connectivity index (χ3n) is 5.40. The summed E-state index contributed by atoms with van der Waals surface area (Å²) in [5, 5.41) is 12.3. The number of nitriles is 1. The van der Waals surface area contributed by atoms with Gasteiger partial charge in [-0.15, -0.1) is 0 Å². The van der Waals surface area contributed by atoms with E-state index in [9.17, 15) is 14.4 Å². The Morgan fingerprint density at radius 3 is 2.70 bits per heavy atom. The smallest absolute Gasteiger partial charge is 0.342 e. The molecular weight excluding hydrogens is 401 g/mol. The normalized spacial score (nSPS) is 13.1. The number of rotatable bonds is 4. The van der Waals surface area contributed by atoms with Crippen LogP contribution in [-0.2, 0) is 4.74 Å². The Labute approximate surface area is 178 Å². The van der Waals surface area contributed by atoms with Crippen LogP contribution in [0.1, 0.15) is 40.7 Å². The van der Waals surface area contributed by atoms with E-state index in [0.717, 1.165) is 19.3 Å². The highest BCUT2D eigenvalue weighted by Gasteiger charge is 2.32. The molecular formula is C23H18FN3O2S. The molecule has 0 bridgehead atoms. The van der Waals surface area contributed by atoms with Crippen molar-refractivity contribution in [3.05, 3.63) is 58.9 Å². The van der Waals surface area contributed by atoms with Gasteiger partial charge in [-0.3, -0.25) is 0 Å². The van der Waals surface area contributed by atoms with Crippen molar-refractivity contribution in [1.29, 1.82) is 5.26 Å². The van der Waals surface area contributed by atoms with Crippen LogP contribution >= 0.6 is 12.6 Å². The number of esters is 1. The second-order valence-corrected chi connectivity index (χ2v) is 7.29. The van der Waals surface area contributed by atoms with Gasteiger partial charge in [-0.25, -0.2) is 9.18 Å². The zero-order valence-electron chi connectivity index (χ0n) is 16.2. The quantitative estimate of drug-likeness (QED) is 0.359. The molecule has 1 heterocycles. The highest BCUT2D eigenvalue weighted by molar-refractivity contribution is 7.85. The van der Waals surface area contributed by atoms with E-state index in [2.05, 4.69) is 34.9 Å². The van der Waals surface area contributed by atoms with Crippen molar-refractivity contribution in [3.63, 3.8) is 0 Å². The SMILES string of the molecule is COC(=O)c1c(N(c2ccc(C#CS)c(F)c2)C2CCC2)[nH]c2cc(C#N)ccc12. The number of benzene rings is 2. The highest BCUT2D eigenvalue weighted by Crippen LogP contribution is 2.40. The van der Waals surface area contributed by atoms with Crippen LogP contribution in [-0.4, -0.2) is 24.1 Å². The Morgan fingerprint density at radius 2 is 2.10 bits per heavy atom. The molecule has 0 radical (unpaired) electrons. The number of hydrogen-bond donors (Lipinski definition) is 2. The average Bonchev–Trinajstić information content (AvgIpc) is 3.09. The average molecular weight is 419 g/mol. The Balaban J connectivity index is 1.93. The molecule has 30 heavy (non-hydrogen) atoms. The number of hydrogen-bond acceptors (Lipinski definition) is 5. The number of ether oxygens (including phenoxy) is 1. The first kappa shape index (κ1) is 19.9. The van der Waals surface area contributed by atoms with Crippen LogP contribution in [0.3, 0.4) is 0 Å². The lowest BCUT2D eigenvalue weighted by atomic mass is 9.90. The molecule has 1 saturated carbocycles. The summed E-state index contributed by atoms with van der Waals surface area (Å²) in [5.41, 5.74) is 2.35. The number of anilines is 2. The fraction of sp³-hybridized carbons (Fsp3) is 0.217. The van der Waals surface area contributed by atoms with Crippen molar-refractivity contribution in [3.8, 4) is 17.2 Å². The molecule has 1 aliphatic rings. The largest absolute Gasteiger partial charge is 0.465 e. The molecule has 0 amide bonds. The summed E-state index contributed by atoms with van der Waals surface area (Å²) in [7, 11) is 1.33. The highest BCUT2D eigenvalue weighted by atomic mass is 32.1. The van der Waals surface area contributed by atoms with E-state index in [1.165, 1.54) is 13.2 Å². The number of thiol groups is 1. The number of carbonyl (C=O) groups is 1. The Hall–Kier alpha value is -3.42. The lowest BCUT2D eigenvalue weighted by Gasteiger charge is -2.39. The fourth-order valence-electron chi connectivity index (χ4n) is 3.73. The van der Waals surface area contributed by atoms with Gasteiger partial charge in [0.2, 0.25) is 0 Å². The molecule has 0 aliphatic heterocycles. The molecule has 150 valence electrons. The topological polar surface area (TPSA) is 69.1 Å². The first-order valence-electron chi connectivity index (χ1n) is 9.45. The Morgan fingerprint density at radius 1 is 1.30 bits per heavy atom. The molecule has 7 heteroatoms. The number of carbonyl (C=O) groups excluding carboxylic acids is 1. The molecule has 3 aromatic rings. The fourth-order valence-corrected chi connectivity index (χ4v) is 3.85. The molecule has 5 nitrogen and oxygen atoms in total. The maximum absolute atomic E-state index is 14.6. The summed E-state index contributed by atoms with van der Waals surface area (Å²) in [4.78, 5) is 17.9. The van der Waals surface area contributed by atoms with Crippen molar-refractivity contribution in [2.75, 3.05) is 12.0 Å². The van der Waals surface area contributed by atoms with E-state index >= 15 is 0 Å². The predicted molar refractivity (Wildman–Crippen MR) is 116 cm³/mol. The molecule has 1 fully saturated rings. The first-order chi connectivity index (χ1) is 14.6. The van der Waals surface area contributed by atoms with Gasteiger partial charge in [-0.2, -0.15) is 5.26 Å². The zero-order chi connectivity index (χ0) is 21.3. The number of H-pyrrole nitrogens is 1. The molecule has 1 aromatic heterocycles. The molecule has 0 unspecified atom stereocenters. The van der Waals surface area contributed by atoms with Crippen LogP contribution in [0.25, 0.3) is 10.9 Å². The molecule has 4 rings (SSSR count). The van der Waals surface area contributed by atoms with Crippen LogP contribution < -0.4 is 4.90 Å². The number of aromatic amines is 1. The molecule has 2 aromatic carbocycles. The van der Waals surface area contributed by atoms with Crippen LogP contribution in [0.2, 0.25) is 0 Å². The summed E-state index contributed by atoms with van der Waals surface area (Å²) in [5.74, 6) is 2.20. The van der Waals surface area contributed by atoms with Crippen LogP contribution in [0.15, 0.2) is 36.4 Å². The number of halogens is 1. The summed E-state index contributed by atoms with van der Waals surface area (Å²) in [6.07, 6.45) is 2.89. The minimum Gasteiger partial charge on any atom is -0.465 e. The second-order valence-electron chi connectivity index (χ2n) is 7.07. The van der Waals surface area contributed by atoms with E-state index in [-0.39, 0.29) is 11.6 Å². The van der Waals surface area contributed by atoms with Gasteiger partial charge in [0.1, 0.15) is 17.2 Å². The van der Waals surface area contributed by atoms with Gasteiger partial charge in [-0.1, -0.05) is 24.6 Å². The minimum absolute atomic E-state index is 0.109. The first-order valence-corrected chi connectivity index (χ1v) is 9.90. The predicted octanol–water partition coefficient (Wildman–Crippen LogP) is 4.89. The summed E-state index contributed by atoms with van der Waals surface area (Å²) in [6, 6.07) is 12.1. The van der Waals surface area contributed by atoms with Gasteiger partial charge >= 0.3 is 5.97 Å². The number of aromatic nitrogens is 1. The van der Waals surface area contributed by atoms with Crippen molar-refractivity contribution in [2.24, 2.45) is 0 Å². The maximum atomic E-state index is 14.6. The third kappa shape index (κ3) is 3.38. The molecule has 1 N–H and O–H groups in total. The summed E-state index contributed by atoms with van der Waals surface area (Å²) in [6.45, 7) is 0. The number of fused-ring (bicyclic) bond motifs is 1. The van der Waals surface area contributed by atoms with E-state index in [0.29, 0.717) is 33.5 Å². The van der Waals surface area contributed by atoms with Crippen LogP contribution in [0, 0.1) is 28.3 Å². The standard InChI is InChI=1S/C23H18FN3O2S/c1-29-23(28)21-18-8-5-14(13-25)11-20(18)26-22(21)27(16-3-2-4-16)17-7-6-15(9-10-30)19(24)12-17/h5-8,11-12,16,26,30H,2-4H2,1H3. The van der Waals surface area contributed by atoms with Gasteiger partial charge in [-0.05, 0) is 54.8 Å². The van der Waals surface area contributed by atoms with Gasteiger partial charge in [0.05, 0.1) is 24.3 Å². The van der Waals surface area contributed by atoms with Crippen LogP contribution in [0.5, 0.6) is 0 Å². The molecule has 0 saturated heterocycles. The number of nitrogens with one attached hydrogen (secondary N) is 1. The minimum atomic E-state index is -0.497. The van der Waals surface area contributed by atoms with Crippen molar-refractivity contribution >= 4 is 41.0 Å². The third-order valence-corrected chi connectivity index (χ3v) is 5.51. The maximum Gasteiger partial charge on any atom is 0.342 e. The van der Waals surface area contributed by atoms with Gasteiger partial charge in [0.25, 0.3) is 0 Å². The Bertz CT molecular complexity index is 1250. The summed E-state index contributed by atoms with van der Waals surface area (Å²) >= 11 is 3.83. The van der Waals surface area contributed by atoms with E-state index < -0.39 is 11.8 Å². The van der Waals surface area contributed by atoms with Crippen LogP contribution in [0.4, 0.5) is 15.9 Å². The van der Waals surface area contributed by atoms with Gasteiger partial charge in [0.15, 0.2) is 0 Å². The molecule has 0 atom stereocenters. The molecule has 0 spiro atoms. The molecule has 1 aliphatic carbocycles. The van der Waals surface area contributed by atoms with E-state index in [4.69, 9.17) is 4.74 Å². The monoisotopic (exact) mass is 419 g/mol. The number of nitrogens with zero attached hydrogens (tertiary/aromatic N) is 2. The second kappa shape index (κ2) is 8.14. The van der Waals surface area contributed by atoms with E-state index in [1.54, 1.807) is 30.3 Å².